The average molecular weight is 257 g/mol. The quantitative estimate of drug-likeness (QED) is 0.648. The van der Waals surface area contributed by atoms with Crippen LogP contribution in [0.2, 0.25) is 0 Å². The van der Waals surface area contributed by atoms with Crippen LogP contribution in [-0.4, -0.2) is 24.2 Å². The summed E-state index contributed by atoms with van der Waals surface area (Å²) < 4.78 is 4.60. The number of aliphatic carboxylic acids is 1. The molecule has 0 aliphatic rings. The number of alkyl halides is 1. The summed E-state index contributed by atoms with van der Waals surface area (Å²) in [5.74, 6) is -1.05. The molecule has 4 nitrogen and oxygen atoms in total. The molecule has 1 rings (SSSR count). The molecule has 1 N–H and O–H groups in total. The van der Waals surface area contributed by atoms with Gasteiger partial charge in [0.25, 0.3) is 0 Å². The lowest BCUT2D eigenvalue weighted by atomic mass is 10.0. The predicted molar refractivity (Wildman–Crippen MR) is 63.3 cm³/mol. The highest BCUT2D eigenvalue weighted by Crippen LogP contribution is 2.17. The van der Waals surface area contributed by atoms with Gasteiger partial charge >= 0.3 is 11.9 Å². The van der Waals surface area contributed by atoms with E-state index in [1.54, 1.807) is 18.2 Å². The molecular formula is C12H13ClO4. The number of benzene rings is 1. The topological polar surface area (TPSA) is 63.6 Å². The number of halogens is 1. The smallest absolute Gasteiger partial charge is 0.337 e. The minimum atomic E-state index is -0.859. The highest BCUT2D eigenvalue weighted by atomic mass is 35.5. The summed E-state index contributed by atoms with van der Waals surface area (Å²) in [6.45, 7) is 0. The molecule has 0 heterocycles. The molecule has 92 valence electrons. The Morgan fingerprint density at radius 1 is 1.35 bits per heavy atom. The minimum Gasteiger partial charge on any atom is -0.481 e. The van der Waals surface area contributed by atoms with E-state index in [1.165, 1.54) is 7.11 Å². The maximum absolute atomic E-state index is 11.3. The third-order valence-electron chi connectivity index (χ3n) is 2.38. The molecule has 0 amide bonds. The Hall–Kier alpha value is -1.55. The number of carbonyl (C=O) groups excluding carboxylic acids is 1. The number of rotatable bonds is 5. The van der Waals surface area contributed by atoms with E-state index in [-0.39, 0.29) is 12.3 Å². The summed E-state index contributed by atoms with van der Waals surface area (Å²) in [5, 5.41) is 8.61. The molecule has 0 atom stereocenters. The van der Waals surface area contributed by atoms with Gasteiger partial charge < -0.3 is 9.84 Å². The molecule has 0 aliphatic heterocycles. The summed E-state index contributed by atoms with van der Waals surface area (Å²) in [4.78, 5) is 21.8. The van der Waals surface area contributed by atoms with Crippen molar-refractivity contribution in [3.63, 3.8) is 0 Å². The zero-order valence-electron chi connectivity index (χ0n) is 9.40. The fourth-order valence-corrected chi connectivity index (χ4v) is 1.73. The second-order valence-electron chi connectivity index (χ2n) is 3.50. The number of hydrogen-bond donors (Lipinski definition) is 1. The van der Waals surface area contributed by atoms with Crippen molar-refractivity contribution in [3.8, 4) is 0 Å². The lowest BCUT2D eigenvalue weighted by Crippen LogP contribution is -2.04. The summed E-state index contributed by atoms with van der Waals surface area (Å²) in [5.41, 5.74) is 2.02. The van der Waals surface area contributed by atoms with Gasteiger partial charge in [-0.2, -0.15) is 0 Å². The number of ether oxygens (including phenoxy) is 1. The van der Waals surface area contributed by atoms with Gasteiger partial charge in [-0.05, 0) is 29.7 Å². The first kappa shape index (κ1) is 13.5. The summed E-state index contributed by atoms with van der Waals surface area (Å²) in [6.07, 6.45) is 0.445. The normalized spacial score (nSPS) is 10.0. The van der Waals surface area contributed by atoms with Crippen LogP contribution in [0.4, 0.5) is 0 Å². The van der Waals surface area contributed by atoms with E-state index >= 15 is 0 Å². The van der Waals surface area contributed by atoms with E-state index in [4.69, 9.17) is 16.7 Å². The van der Waals surface area contributed by atoms with Gasteiger partial charge in [0.2, 0.25) is 0 Å². The van der Waals surface area contributed by atoms with Gasteiger partial charge in [0.05, 0.1) is 12.7 Å². The number of carbonyl (C=O) groups is 2. The van der Waals surface area contributed by atoms with Crippen molar-refractivity contribution in [3.05, 3.63) is 34.9 Å². The zero-order chi connectivity index (χ0) is 12.8. The van der Waals surface area contributed by atoms with Crippen LogP contribution in [0.25, 0.3) is 0 Å². The zero-order valence-corrected chi connectivity index (χ0v) is 10.2. The first-order valence-electron chi connectivity index (χ1n) is 5.06. The Morgan fingerprint density at radius 3 is 2.59 bits per heavy atom. The average Bonchev–Trinajstić information content (AvgIpc) is 2.34. The minimum absolute atomic E-state index is 0.0431. The number of methoxy groups -OCH3 is 1. The Kier molecular flexibility index (Phi) is 4.97. The Balaban J connectivity index is 2.93. The molecule has 0 aliphatic carbocycles. The summed E-state index contributed by atoms with van der Waals surface area (Å²) >= 11 is 5.77. The van der Waals surface area contributed by atoms with E-state index in [1.807, 2.05) is 0 Å². The van der Waals surface area contributed by atoms with Gasteiger partial charge in [-0.3, -0.25) is 4.79 Å². The molecular weight excluding hydrogens is 244 g/mol. The molecule has 0 saturated carbocycles. The third-order valence-corrected chi connectivity index (χ3v) is 2.67. The first-order chi connectivity index (χ1) is 8.08. The van der Waals surface area contributed by atoms with E-state index < -0.39 is 11.9 Å². The molecule has 0 fully saturated rings. The molecule has 17 heavy (non-hydrogen) atoms. The Labute approximate surface area is 104 Å². The van der Waals surface area contributed by atoms with Gasteiger partial charge in [0.15, 0.2) is 0 Å². The number of esters is 1. The monoisotopic (exact) mass is 256 g/mol. The van der Waals surface area contributed by atoms with Gasteiger partial charge in [0, 0.05) is 12.3 Å². The Morgan fingerprint density at radius 2 is 2.06 bits per heavy atom. The van der Waals surface area contributed by atoms with Crippen LogP contribution in [0.15, 0.2) is 18.2 Å². The molecule has 0 bridgehead atoms. The summed E-state index contributed by atoms with van der Waals surface area (Å²) in [7, 11) is 1.31. The highest BCUT2D eigenvalue weighted by molar-refractivity contribution is 6.17. The number of aryl methyl sites for hydroxylation is 1. The van der Waals surface area contributed by atoms with E-state index in [0.29, 0.717) is 12.0 Å². The van der Waals surface area contributed by atoms with Crippen molar-refractivity contribution in [1.29, 1.82) is 0 Å². The molecule has 0 spiro atoms. The molecule has 5 heteroatoms. The van der Waals surface area contributed by atoms with Gasteiger partial charge in [-0.25, -0.2) is 4.79 Å². The van der Waals surface area contributed by atoms with Crippen LogP contribution >= 0.6 is 11.6 Å². The van der Waals surface area contributed by atoms with E-state index in [2.05, 4.69) is 4.74 Å². The molecule has 0 saturated heterocycles. The number of carboxylic acid groups (broad SMARTS) is 1. The first-order valence-corrected chi connectivity index (χ1v) is 5.59. The van der Waals surface area contributed by atoms with Crippen LogP contribution in [-0.2, 0) is 21.8 Å². The maximum atomic E-state index is 11.3. The molecule has 1 aromatic carbocycles. The standard InChI is InChI=1S/C12H13ClO4/c1-17-12(16)9-3-2-8(4-5-11(14)15)10(6-9)7-13/h2-3,6H,4-5,7H2,1H3,(H,14,15). The molecule has 0 unspecified atom stereocenters. The Bertz CT molecular complexity index is 429. The SMILES string of the molecule is COC(=O)c1ccc(CCC(=O)O)c(CCl)c1. The second-order valence-corrected chi connectivity index (χ2v) is 3.77. The van der Waals surface area contributed by atoms with Crippen molar-refractivity contribution in [1.82, 2.24) is 0 Å². The molecule has 1 aromatic rings. The molecule has 0 radical (unpaired) electrons. The van der Waals surface area contributed by atoms with Gasteiger partial charge in [-0.1, -0.05) is 6.07 Å². The maximum Gasteiger partial charge on any atom is 0.337 e. The van der Waals surface area contributed by atoms with Gasteiger partial charge in [-0.15, -0.1) is 11.6 Å². The molecule has 0 aromatic heterocycles. The fourth-order valence-electron chi connectivity index (χ4n) is 1.48. The van der Waals surface area contributed by atoms with Crippen LogP contribution < -0.4 is 0 Å². The van der Waals surface area contributed by atoms with Crippen molar-refractivity contribution in [2.75, 3.05) is 7.11 Å². The van der Waals surface area contributed by atoms with Crippen molar-refractivity contribution < 1.29 is 19.4 Å². The van der Waals surface area contributed by atoms with Crippen LogP contribution in [0.1, 0.15) is 27.9 Å². The third kappa shape index (κ3) is 3.75. The van der Waals surface area contributed by atoms with Crippen molar-refractivity contribution in [2.24, 2.45) is 0 Å². The van der Waals surface area contributed by atoms with E-state index in [9.17, 15) is 9.59 Å². The summed E-state index contributed by atoms with van der Waals surface area (Å²) in [6, 6.07) is 4.96. The second kappa shape index (κ2) is 6.25. The largest absolute Gasteiger partial charge is 0.481 e. The number of carboxylic acids is 1. The highest BCUT2D eigenvalue weighted by Gasteiger charge is 2.10. The van der Waals surface area contributed by atoms with Crippen molar-refractivity contribution in [2.45, 2.75) is 18.7 Å². The number of hydrogen-bond acceptors (Lipinski definition) is 3. The fraction of sp³-hybridized carbons (Fsp3) is 0.333. The lowest BCUT2D eigenvalue weighted by molar-refractivity contribution is -0.136. The van der Waals surface area contributed by atoms with Crippen LogP contribution in [0.3, 0.4) is 0 Å². The predicted octanol–water partition coefficient (Wildman–Crippen LogP) is 2.23. The van der Waals surface area contributed by atoms with E-state index in [0.717, 1.165) is 11.1 Å². The van der Waals surface area contributed by atoms with Crippen LogP contribution in [0.5, 0.6) is 0 Å². The van der Waals surface area contributed by atoms with Gasteiger partial charge in [0.1, 0.15) is 0 Å². The van der Waals surface area contributed by atoms with Crippen molar-refractivity contribution >= 4 is 23.5 Å². The lowest BCUT2D eigenvalue weighted by Gasteiger charge is -2.08. The van der Waals surface area contributed by atoms with Crippen LogP contribution in [0, 0.1) is 0 Å².